The maximum Gasteiger partial charge on any atom is 0.516 e. The molecule has 1 aromatic rings. The SMILES string of the molecule is CCCC[n+]1cccc(C)c1.O=C(CF)NS(=O)(=O)C(F)(F)F. The molecule has 132 valence electrons. The third-order valence-electron chi connectivity index (χ3n) is 2.45. The van der Waals surface area contributed by atoms with Crippen LogP contribution in [0.5, 0.6) is 0 Å². The number of carbonyl (C=O) groups is 1. The number of aromatic nitrogens is 1. The topological polar surface area (TPSA) is 67.1 Å². The Morgan fingerprint density at radius 3 is 2.39 bits per heavy atom. The number of hydrogen-bond donors (Lipinski definition) is 1. The zero-order chi connectivity index (χ0) is 18.1. The Bertz CT molecular complexity index is 603. The van der Waals surface area contributed by atoms with Crippen LogP contribution in [-0.4, -0.2) is 26.5 Å². The number of rotatable bonds is 5. The molecule has 1 heterocycles. The van der Waals surface area contributed by atoms with Crippen molar-refractivity contribution in [1.29, 1.82) is 0 Å². The van der Waals surface area contributed by atoms with Crippen LogP contribution < -0.4 is 9.29 Å². The van der Waals surface area contributed by atoms with Gasteiger partial charge in [0.25, 0.3) is 5.91 Å². The molecule has 0 atom stereocenters. The van der Waals surface area contributed by atoms with Gasteiger partial charge in [0.15, 0.2) is 19.1 Å². The number of nitrogens with zero attached hydrogens (tertiary/aromatic N) is 1. The largest absolute Gasteiger partial charge is 0.516 e. The summed E-state index contributed by atoms with van der Waals surface area (Å²) in [5, 5.41) is 0. The number of sulfonamides is 1. The Labute approximate surface area is 132 Å². The number of pyridine rings is 1. The molecule has 0 spiro atoms. The number of aryl methyl sites for hydroxylation is 2. The van der Waals surface area contributed by atoms with Crippen molar-refractivity contribution in [3.05, 3.63) is 30.1 Å². The predicted octanol–water partition coefficient (Wildman–Crippen LogP) is 2.00. The lowest BCUT2D eigenvalue weighted by Crippen LogP contribution is -2.40. The molecule has 1 amide bonds. The first-order chi connectivity index (χ1) is 10.5. The van der Waals surface area contributed by atoms with Crippen molar-refractivity contribution in [2.24, 2.45) is 0 Å². The first kappa shape index (κ1) is 21.3. The molecule has 1 aromatic heterocycles. The van der Waals surface area contributed by atoms with E-state index in [1.165, 1.54) is 18.4 Å². The third kappa shape index (κ3) is 8.48. The van der Waals surface area contributed by atoms with E-state index in [0.29, 0.717) is 4.72 Å². The number of nitrogens with one attached hydrogen (secondary N) is 1. The van der Waals surface area contributed by atoms with Gasteiger partial charge in [0.05, 0.1) is 0 Å². The molecule has 5 nitrogen and oxygen atoms in total. The van der Waals surface area contributed by atoms with E-state index in [-0.39, 0.29) is 0 Å². The van der Waals surface area contributed by atoms with Crippen LogP contribution in [0.15, 0.2) is 24.5 Å². The molecule has 0 fully saturated rings. The fraction of sp³-hybridized carbons (Fsp3) is 0.538. The molecule has 10 heteroatoms. The van der Waals surface area contributed by atoms with E-state index in [2.05, 4.69) is 42.9 Å². The van der Waals surface area contributed by atoms with Crippen molar-refractivity contribution in [3.63, 3.8) is 0 Å². The lowest BCUT2D eigenvalue weighted by Gasteiger charge is -2.06. The van der Waals surface area contributed by atoms with Crippen molar-refractivity contribution in [2.75, 3.05) is 6.67 Å². The van der Waals surface area contributed by atoms with Gasteiger partial charge in [-0.1, -0.05) is 13.3 Å². The molecule has 1 rings (SSSR count). The number of alkyl halides is 4. The van der Waals surface area contributed by atoms with Gasteiger partial charge in [-0.15, -0.1) is 0 Å². The monoisotopic (exact) mass is 359 g/mol. The summed E-state index contributed by atoms with van der Waals surface area (Å²) in [4.78, 5) is 9.91. The minimum atomic E-state index is -5.75. The molecule has 0 aliphatic rings. The van der Waals surface area contributed by atoms with Gasteiger partial charge in [0.1, 0.15) is 6.54 Å². The van der Waals surface area contributed by atoms with Gasteiger partial charge in [-0.05, 0) is 13.0 Å². The fourth-order valence-electron chi connectivity index (χ4n) is 1.37. The van der Waals surface area contributed by atoms with Crippen LogP contribution in [0.3, 0.4) is 0 Å². The first-order valence-corrected chi connectivity index (χ1v) is 8.15. The van der Waals surface area contributed by atoms with Crippen molar-refractivity contribution < 1.29 is 35.3 Å². The quantitative estimate of drug-likeness (QED) is 0.646. The zero-order valence-electron chi connectivity index (χ0n) is 12.7. The summed E-state index contributed by atoms with van der Waals surface area (Å²) < 4.78 is 68.2. The average molecular weight is 359 g/mol. The fourth-order valence-corrected chi connectivity index (χ4v) is 1.84. The standard InChI is InChI=1S/C10H16N.C3H3F4NO3S/c1-3-4-7-11-8-5-6-10(2)9-11;4-1-2(9)8-12(10,11)3(5,6)7/h5-6,8-9H,3-4,7H2,1-2H3;1H2,(H,8,9)/q+1;. The van der Waals surface area contributed by atoms with Gasteiger partial charge in [0.2, 0.25) is 0 Å². The van der Waals surface area contributed by atoms with Crippen LogP contribution in [0, 0.1) is 6.92 Å². The van der Waals surface area contributed by atoms with Gasteiger partial charge >= 0.3 is 15.5 Å². The molecule has 0 aliphatic carbocycles. The molecule has 0 saturated heterocycles. The van der Waals surface area contributed by atoms with E-state index in [1.54, 1.807) is 0 Å². The maximum atomic E-state index is 11.4. The minimum Gasteiger partial charge on any atom is -0.271 e. The second-order valence-electron chi connectivity index (χ2n) is 4.58. The first-order valence-electron chi connectivity index (χ1n) is 6.67. The third-order valence-corrected chi connectivity index (χ3v) is 3.56. The second kappa shape index (κ2) is 9.43. The van der Waals surface area contributed by atoms with Gasteiger partial charge < -0.3 is 0 Å². The summed E-state index contributed by atoms with van der Waals surface area (Å²) >= 11 is 0. The molecule has 0 bridgehead atoms. The van der Waals surface area contributed by atoms with E-state index >= 15 is 0 Å². The van der Waals surface area contributed by atoms with Crippen molar-refractivity contribution >= 4 is 15.9 Å². The van der Waals surface area contributed by atoms with E-state index in [9.17, 15) is 30.8 Å². The highest BCUT2D eigenvalue weighted by molar-refractivity contribution is 7.90. The summed E-state index contributed by atoms with van der Waals surface area (Å²) in [6, 6.07) is 4.23. The van der Waals surface area contributed by atoms with Gasteiger partial charge in [-0.2, -0.15) is 21.6 Å². The Morgan fingerprint density at radius 2 is 1.96 bits per heavy atom. The molecule has 1 N–H and O–H groups in total. The maximum absolute atomic E-state index is 11.4. The molecule has 0 radical (unpaired) electrons. The zero-order valence-corrected chi connectivity index (χ0v) is 13.5. The Hall–Kier alpha value is -1.71. The van der Waals surface area contributed by atoms with Gasteiger partial charge in [-0.25, -0.2) is 13.7 Å². The molecular formula is C13H19F4N2O3S+. The number of unbranched alkanes of at least 4 members (excludes halogenated alkanes) is 1. The summed E-state index contributed by atoms with van der Waals surface area (Å²) in [5.41, 5.74) is -4.26. The second-order valence-corrected chi connectivity index (χ2v) is 6.25. The minimum absolute atomic E-state index is 0.479. The van der Waals surface area contributed by atoms with Crippen LogP contribution >= 0.6 is 0 Å². The molecule has 23 heavy (non-hydrogen) atoms. The van der Waals surface area contributed by atoms with E-state index in [0.717, 1.165) is 6.54 Å². The normalized spacial score (nSPS) is 11.4. The average Bonchev–Trinajstić information content (AvgIpc) is 2.44. The number of hydrogen-bond acceptors (Lipinski definition) is 3. The van der Waals surface area contributed by atoms with Crippen LogP contribution in [-0.2, 0) is 21.4 Å². The van der Waals surface area contributed by atoms with Crippen molar-refractivity contribution in [3.8, 4) is 0 Å². The molecule has 0 aliphatic heterocycles. The van der Waals surface area contributed by atoms with Gasteiger partial charge in [-0.3, -0.25) is 4.79 Å². The van der Waals surface area contributed by atoms with Crippen LogP contribution in [0.4, 0.5) is 17.6 Å². The van der Waals surface area contributed by atoms with Crippen molar-refractivity contribution in [1.82, 2.24) is 4.72 Å². The Morgan fingerprint density at radius 1 is 1.35 bits per heavy atom. The molecule has 0 saturated carbocycles. The molecule has 0 aromatic carbocycles. The smallest absolute Gasteiger partial charge is 0.271 e. The Balaban J connectivity index is 0.000000422. The predicted molar refractivity (Wildman–Crippen MR) is 75.4 cm³/mol. The van der Waals surface area contributed by atoms with Crippen molar-refractivity contribution in [2.45, 2.75) is 38.7 Å². The summed E-state index contributed by atoms with van der Waals surface area (Å²) in [5.74, 6) is -1.85. The van der Waals surface area contributed by atoms with Crippen LogP contribution in [0.2, 0.25) is 0 Å². The van der Waals surface area contributed by atoms with E-state index in [1.807, 2.05) is 0 Å². The van der Waals surface area contributed by atoms with Crippen LogP contribution in [0.25, 0.3) is 0 Å². The lowest BCUT2D eigenvalue weighted by atomic mass is 10.3. The van der Waals surface area contributed by atoms with Gasteiger partial charge in [0, 0.05) is 18.1 Å². The van der Waals surface area contributed by atoms with Crippen LogP contribution in [0.1, 0.15) is 25.3 Å². The van der Waals surface area contributed by atoms with E-state index in [4.69, 9.17) is 0 Å². The lowest BCUT2D eigenvalue weighted by molar-refractivity contribution is -0.697. The number of amides is 1. The number of halogens is 4. The highest BCUT2D eigenvalue weighted by atomic mass is 32.2. The highest BCUT2D eigenvalue weighted by Crippen LogP contribution is 2.21. The molecule has 0 unspecified atom stereocenters. The van der Waals surface area contributed by atoms with E-state index < -0.39 is 28.1 Å². The summed E-state index contributed by atoms with van der Waals surface area (Å²) in [7, 11) is -5.75. The highest BCUT2D eigenvalue weighted by Gasteiger charge is 2.46. The Kier molecular flexibility index (Phi) is 8.73. The number of carbonyl (C=O) groups excluding carboxylic acids is 1. The molecular weight excluding hydrogens is 340 g/mol. The summed E-state index contributed by atoms with van der Waals surface area (Å²) in [6.45, 7) is 3.67. The summed E-state index contributed by atoms with van der Waals surface area (Å²) in [6.07, 6.45) is 6.85.